The van der Waals surface area contributed by atoms with Crippen molar-refractivity contribution in [3.8, 4) is 0 Å². The van der Waals surface area contributed by atoms with E-state index < -0.39 is 17.8 Å². The van der Waals surface area contributed by atoms with Gasteiger partial charge in [-0.2, -0.15) is 0 Å². The number of rotatable bonds is 0. The second-order valence-electron chi connectivity index (χ2n) is 1.87. The van der Waals surface area contributed by atoms with Crippen LogP contribution in [0, 0.1) is 0 Å². The van der Waals surface area contributed by atoms with Crippen molar-refractivity contribution in [2.45, 2.75) is 6.04 Å². The van der Waals surface area contributed by atoms with Crippen molar-refractivity contribution in [3.63, 3.8) is 0 Å². The summed E-state index contributed by atoms with van der Waals surface area (Å²) in [5.41, 5.74) is 6.88. The van der Waals surface area contributed by atoms with Gasteiger partial charge in [0.1, 0.15) is 6.04 Å². The molecular weight excluding hydrogens is 126 g/mol. The molecule has 1 atom stereocenters. The number of carbonyl (C=O) groups excluding carboxylic acids is 2. The van der Waals surface area contributed by atoms with Crippen LogP contribution < -0.4 is 5.73 Å². The predicted octanol–water partition coefficient (Wildman–Crippen LogP) is -1.59. The van der Waals surface area contributed by atoms with E-state index in [2.05, 4.69) is 0 Å². The van der Waals surface area contributed by atoms with E-state index in [1.54, 1.807) is 0 Å². The van der Waals surface area contributed by atoms with E-state index >= 15 is 0 Å². The van der Waals surface area contributed by atoms with Gasteiger partial charge in [0.05, 0.1) is 0 Å². The van der Waals surface area contributed by atoms with Gasteiger partial charge in [0.15, 0.2) is 10.9 Å². The zero-order chi connectivity index (χ0) is 6.15. The molecule has 0 aliphatic carbocycles. The average molecular weight is 134 g/mol. The summed E-state index contributed by atoms with van der Waals surface area (Å²) in [6.07, 6.45) is 0. The summed E-state index contributed by atoms with van der Waals surface area (Å²) in [7, 11) is 0. The van der Waals surface area contributed by atoms with Crippen molar-refractivity contribution in [3.05, 3.63) is 0 Å². The third-order valence-electron chi connectivity index (χ3n) is 1.26. The van der Waals surface area contributed by atoms with E-state index in [1.807, 2.05) is 0 Å². The van der Waals surface area contributed by atoms with Crippen LogP contribution in [0.25, 0.3) is 0 Å². The molecule has 1 rings (SSSR count). The first-order valence-electron chi connectivity index (χ1n) is 2.48. The van der Waals surface area contributed by atoms with Gasteiger partial charge < -0.3 is 0 Å². The minimum absolute atomic E-state index is 0.0880. The Morgan fingerprint density at radius 1 is 1.62 bits per heavy atom. The summed E-state index contributed by atoms with van der Waals surface area (Å²) < 4.78 is 0. The number of hydrogen-bond donors (Lipinski definition) is 0. The Labute approximate surface area is 50.6 Å². The smallest absolute Gasteiger partial charge is 0.177 e. The molecule has 8 heavy (non-hydrogen) atoms. The lowest BCUT2D eigenvalue weighted by atomic mass is 10.2. The van der Waals surface area contributed by atoms with Crippen LogP contribution >= 0.6 is 11.8 Å². The molecule has 1 saturated heterocycles. The standard InChI is InChI=1S/C4H8NO2S/c5-3-2(6)1-8-4(3)7/h3,5H,1H2,8H4. The second kappa shape index (κ2) is 1.87. The van der Waals surface area contributed by atoms with Gasteiger partial charge in [0.2, 0.25) is 0 Å². The highest BCUT2D eigenvalue weighted by Crippen LogP contribution is 2.14. The molecule has 4 heteroatoms. The predicted molar refractivity (Wildman–Crippen MR) is 34.9 cm³/mol. The Kier molecular flexibility index (Phi) is 1.35. The highest BCUT2D eigenvalue weighted by Gasteiger charge is 2.27. The highest BCUT2D eigenvalue weighted by atomic mass is 32.2. The topological polar surface area (TPSA) is 57.9 Å². The van der Waals surface area contributed by atoms with Gasteiger partial charge in [-0.15, -0.1) is 0 Å². The van der Waals surface area contributed by atoms with Crippen LogP contribution in [0.3, 0.4) is 0 Å². The van der Waals surface area contributed by atoms with Crippen LogP contribution in [0.2, 0.25) is 0 Å². The Morgan fingerprint density at radius 3 is 2.38 bits per heavy atom. The van der Waals surface area contributed by atoms with Gasteiger partial charge in [-0.05, 0) is 0 Å². The molecule has 3 nitrogen and oxygen atoms in total. The Hall–Kier alpha value is -0.350. The van der Waals surface area contributed by atoms with Gasteiger partial charge in [-0.3, -0.25) is 21.4 Å². The third kappa shape index (κ3) is 0.763. The lowest BCUT2D eigenvalue weighted by Crippen LogP contribution is -2.22. The lowest BCUT2D eigenvalue weighted by molar-refractivity contribution is -0.122. The molecule has 0 aromatic rings. The molecule has 1 aliphatic rings. The number of ketones is 1. The van der Waals surface area contributed by atoms with E-state index in [0.29, 0.717) is 5.75 Å². The van der Waals surface area contributed by atoms with Crippen LogP contribution in [0.1, 0.15) is 0 Å². The molecule has 0 aromatic heterocycles. The number of carbonyl (C=O) groups is 2. The van der Waals surface area contributed by atoms with E-state index in [-0.39, 0.29) is 10.9 Å². The molecule has 1 N–H and O–H groups in total. The van der Waals surface area contributed by atoms with Crippen molar-refractivity contribution >= 4 is 22.7 Å². The fraction of sp³-hybridized carbons (Fsp3) is 0.500. The fourth-order valence-electron chi connectivity index (χ4n) is 0.715. The van der Waals surface area contributed by atoms with Gasteiger partial charge in [-0.25, -0.2) is 5.73 Å². The molecule has 0 aromatic carbocycles. The number of Topliss-reactive ketones (excluding diaryl/α,β-unsaturated/α-hetero) is 1. The summed E-state index contributed by atoms with van der Waals surface area (Å²) in [6, 6.07) is -0.985. The first-order chi connectivity index (χ1) is 3.72. The minimum atomic E-state index is -0.985. The van der Waals surface area contributed by atoms with E-state index in [9.17, 15) is 9.59 Å². The second-order valence-corrected chi connectivity index (χ2v) is 3.56. The average Bonchev–Trinajstić information content (AvgIpc) is 1.98. The maximum atomic E-state index is 10.4. The maximum absolute atomic E-state index is 10.4. The SMILES string of the molecule is [NH]C1C(=O)C[SH4]C1=O. The first kappa shape index (κ1) is 5.78. The fourth-order valence-corrected chi connectivity index (χ4v) is 2.01. The van der Waals surface area contributed by atoms with Gasteiger partial charge >= 0.3 is 0 Å². The molecule has 1 unspecified atom stereocenters. The monoisotopic (exact) mass is 134 g/mol. The lowest BCUT2D eigenvalue weighted by Gasteiger charge is -1.90. The molecular formula is C4H8NO2S. The third-order valence-corrected chi connectivity index (χ3v) is 2.91. The van der Waals surface area contributed by atoms with Crippen molar-refractivity contribution < 1.29 is 9.59 Å². The summed E-state index contributed by atoms with van der Waals surface area (Å²) in [4.78, 5) is 20.8. The molecule has 47 valence electrons. The van der Waals surface area contributed by atoms with Gasteiger partial charge in [-0.1, -0.05) is 0 Å². The molecule has 0 saturated carbocycles. The largest absolute Gasteiger partial charge is 0.297 e. The zero-order valence-corrected chi connectivity index (χ0v) is 5.72. The Morgan fingerprint density at radius 2 is 2.25 bits per heavy atom. The van der Waals surface area contributed by atoms with Crippen molar-refractivity contribution in [2.75, 3.05) is 5.75 Å². The van der Waals surface area contributed by atoms with Crippen LogP contribution in [0.4, 0.5) is 0 Å². The summed E-state index contributed by atoms with van der Waals surface area (Å²) in [5, 5.41) is -0.0880. The van der Waals surface area contributed by atoms with Crippen LogP contribution in [-0.4, -0.2) is 22.7 Å². The molecule has 0 bridgehead atoms. The summed E-state index contributed by atoms with van der Waals surface area (Å²) in [6.45, 7) is 0. The number of nitrogens with one attached hydrogen (secondary N) is 1. The molecule has 1 heterocycles. The van der Waals surface area contributed by atoms with Gasteiger partial charge in [0, 0.05) is 5.75 Å². The Bertz CT molecular complexity index is 129. The Balaban J connectivity index is 2.70. The van der Waals surface area contributed by atoms with Crippen LogP contribution in [-0.2, 0) is 9.59 Å². The van der Waals surface area contributed by atoms with Crippen molar-refractivity contribution in [1.29, 1.82) is 0 Å². The van der Waals surface area contributed by atoms with Crippen LogP contribution in [0.5, 0.6) is 0 Å². The van der Waals surface area contributed by atoms with E-state index in [4.69, 9.17) is 5.73 Å². The molecule has 1 aliphatic heterocycles. The quantitative estimate of drug-likeness (QED) is 0.375. The zero-order valence-electron chi connectivity index (χ0n) is 4.31. The van der Waals surface area contributed by atoms with E-state index in [1.165, 1.54) is 0 Å². The number of hydrogen-bond acceptors (Lipinski definition) is 2. The van der Waals surface area contributed by atoms with Crippen molar-refractivity contribution in [1.82, 2.24) is 5.73 Å². The normalized spacial score (nSPS) is 30.4. The minimum Gasteiger partial charge on any atom is -0.297 e. The van der Waals surface area contributed by atoms with Crippen LogP contribution in [0.15, 0.2) is 0 Å². The molecule has 0 amide bonds. The molecule has 0 spiro atoms. The van der Waals surface area contributed by atoms with Crippen molar-refractivity contribution in [2.24, 2.45) is 0 Å². The summed E-state index contributed by atoms with van der Waals surface area (Å²) in [5.74, 6) is 0.258. The van der Waals surface area contributed by atoms with E-state index in [0.717, 1.165) is 0 Å². The highest BCUT2D eigenvalue weighted by molar-refractivity contribution is 8.15. The summed E-state index contributed by atoms with van der Waals surface area (Å²) >= 11 is -0.803. The molecule has 1 fully saturated rings. The maximum Gasteiger partial charge on any atom is 0.177 e. The molecule has 1 radical (unpaired) electrons. The van der Waals surface area contributed by atoms with Gasteiger partial charge in [0.25, 0.3) is 0 Å². The first-order valence-corrected chi connectivity index (χ1v) is 4.19.